The molecule has 1 aliphatic rings. The summed E-state index contributed by atoms with van der Waals surface area (Å²) >= 11 is 0. The van der Waals surface area contributed by atoms with Crippen LogP contribution in [0.3, 0.4) is 0 Å². The minimum Gasteiger partial charge on any atom is -0.481 e. The predicted molar refractivity (Wildman–Crippen MR) is 79.0 cm³/mol. The van der Waals surface area contributed by atoms with Crippen LogP contribution in [0.5, 0.6) is 0 Å². The number of carboxylic acid groups (broad SMARTS) is 1. The Bertz CT molecular complexity index is 399. The molecule has 0 aromatic rings. The third-order valence-electron chi connectivity index (χ3n) is 3.83. The number of carboxylic acids is 1. The van der Waals surface area contributed by atoms with Crippen LogP contribution in [0.2, 0.25) is 0 Å². The molecular weight excluding hydrogens is 278 g/mol. The third kappa shape index (κ3) is 6.22. The number of carbonyl (C=O) groups is 1. The molecule has 1 atom stereocenters. The molecule has 0 heterocycles. The summed E-state index contributed by atoms with van der Waals surface area (Å²) in [6.45, 7) is 4.28. The van der Waals surface area contributed by atoms with Gasteiger partial charge in [0.05, 0.1) is 5.25 Å². The minimum absolute atomic E-state index is 0.0192. The summed E-state index contributed by atoms with van der Waals surface area (Å²) in [5, 5.41) is 8.61. The highest BCUT2D eigenvalue weighted by Gasteiger charge is 2.28. The van der Waals surface area contributed by atoms with Crippen LogP contribution in [0, 0.1) is 11.8 Å². The average molecular weight is 305 g/mol. The maximum Gasteiger partial charge on any atom is 0.303 e. The lowest BCUT2D eigenvalue weighted by Crippen LogP contribution is -2.38. The van der Waals surface area contributed by atoms with Crippen molar-refractivity contribution in [3.63, 3.8) is 0 Å². The van der Waals surface area contributed by atoms with Gasteiger partial charge in [-0.15, -0.1) is 0 Å². The van der Waals surface area contributed by atoms with Gasteiger partial charge in [-0.25, -0.2) is 13.1 Å². The Kier molecular flexibility index (Phi) is 6.95. The van der Waals surface area contributed by atoms with E-state index in [4.69, 9.17) is 5.11 Å². The molecule has 5 nitrogen and oxygen atoms in total. The van der Waals surface area contributed by atoms with Gasteiger partial charge in [0, 0.05) is 13.0 Å². The molecule has 20 heavy (non-hydrogen) atoms. The van der Waals surface area contributed by atoms with Gasteiger partial charge < -0.3 is 5.11 Å². The number of hydrogen-bond donors (Lipinski definition) is 2. The molecule has 6 heteroatoms. The smallest absolute Gasteiger partial charge is 0.303 e. The van der Waals surface area contributed by atoms with Gasteiger partial charge in [-0.1, -0.05) is 33.1 Å². The van der Waals surface area contributed by atoms with Gasteiger partial charge in [0.25, 0.3) is 0 Å². The van der Waals surface area contributed by atoms with Gasteiger partial charge in [0.2, 0.25) is 10.0 Å². The highest BCUT2D eigenvalue weighted by atomic mass is 32.2. The first-order chi connectivity index (χ1) is 9.31. The molecule has 1 saturated carbocycles. The normalized spacial score (nSPS) is 19.1. The lowest BCUT2D eigenvalue weighted by atomic mass is 9.94. The molecule has 0 spiro atoms. The topological polar surface area (TPSA) is 83.5 Å². The summed E-state index contributed by atoms with van der Waals surface area (Å²) in [5.41, 5.74) is 0. The molecule has 0 aromatic heterocycles. The molecule has 0 aliphatic heterocycles. The van der Waals surface area contributed by atoms with Crippen LogP contribution >= 0.6 is 0 Å². The molecule has 0 radical (unpaired) electrons. The second kappa shape index (κ2) is 7.98. The fourth-order valence-electron chi connectivity index (χ4n) is 2.88. The highest BCUT2D eigenvalue weighted by molar-refractivity contribution is 7.90. The molecule has 0 aromatic carbocycles. The molecule has 118 valence electrons. The van der Waals surface area contributed by atoms with E-state index in [1.54, 1.807) is 0 Å². The number of rotatable bonds is 8. The fraction of sp³-hybridized carbons (Fsp3) is 0.929. The van der Waals surface area contributed by atoms with Crippen LogP contribution in [-0.2, 0) is 14.8 Å². The lowest BCUT2D eigenvalue weighted by Gasteiger charge is -2.24. The Morgan fingerprint density at radius 1 is 1.25 bits per heavy atom. The van der Waals surface area contributed by atoms with Crippen LogP contribution in [0.15, 0.2) is 0 Å². The standard InChI is InChI=1S/C14H27NO4S/c1-11(2)8-12(9-14(16)17)10-15-20(18,19)13-6-4-3-5-7-13/h11-13,15H,3-10H2,1-2H3,(H,16,17)/t12-/m0/s1. The predicted octanol–water partition coefficient (Wildman–Crippen LogP) is 2.38. The van der Waals surface area contributed by atoms with E-state index in [2.05, 4.69) is 4.72 Å². The Labute approximate surface area is 122 Å². The Hall–Kier alpha value is -0.620. The van der Waals surface area contributed by atoms with Crippen molar-refractivity contribution in [2.75, 3.05) is 6.54 Å². The van der Waals surface area contributed by atoms with E-state index < -0.39 is 16.0 Å². The fourth-order valence-corrected chi connectivity index (χ4v) is 4.54. The summed E-state index contributed by atoms with van der Waals surface area (Å²) in [4.78, 5) is 10.8. The Balaban J connectivity index is 2.53. The van der Waals surface area contributed by atoms with Crippen molar-refractivity contribution in [1.29, 1.82) is 0 Å². The third-order valence-corrected chi connectivity index (χ3v) is 5.75. The summed E-state index contributed by atoms with van der Waals surface area (Å²) < 4.78 is 27.1. The van der Waals surface area contributed by atoms with E-state index in [-0.39, 0.29) is 24.1 Å². The first-order valence-corrected chi connectivity index (χ1v) is 9.06. The van der Waals surface area contributed by atoms with Crippen molar-refractivity contribution in [2.45, 2.75) is 64.0 Å². The van der Waals surface area contributed by atoms with Crippen LogP contribution in [0.25, 0.3) is 0 Å². The second-order valence-corrected chi connectivity index (χ2v) is 8.29. The van der Waals surface area contributed by atoms with Crippen molar-refractivity contribution in [3.8, 4) is 0 Å². The van der Waals surface area contributed by atoms with E-state index in [9.17, 15) is 13.2 Å². The first kappa shape index (κ1) is 17.4. The first-order valence-electron chi connectivity index (χ1n) is 7.51. The van der Waals surface area contributed by atoms with Gasteiger partial charge >= 0.3 is 5.97 Å². The van der Waals surface area contributed by atoms with Crippen molar-refractivity contribution < 1.29 is 18.3 Å². The van der Waals surface area contributed by atoms with Gasteiger partial charge in [0.1, 0.15) is 0 Å². The molecule has 1 rings (SSSR count). The number of hydrogen-bond acceptors (Lipinski definition) is 3. The van der Waals surface area contributed by atoms with Crippen LogP contribution in [0.4, 0.5) is 0 Å². The largest absolute Gasteiger partial charge is 0.481 e. The summed E-state index contributed by atoms with van der Waals surface area (Å²) in [6, 6.07) is 0. The highest BCUT2D eigenvalue weighted by Crippen LogP contribution is 2.23. The van der Waals surface area contributed by atoms with Crippen LogP contribution in [0.1, 0.15) is 58.8 Å². The van der Waals surface area contributed by atoms with Crippen LogP contribution in [-0.4, -0.2) is 31.3 Å². The molecular formula is C14H27NO4S. The molecule has 0 saturated heterocycles. The monoisotopic (exact) mass is 305 g/mol. The summed E-state index contributed by atoms with van der Waals surface area (Å²) in [5.74, 6) is -0.642. The molecule has 0 bridgehead atoms. The SMILES string of the molecule is CC(C)C[C@H](CNS(=O)(=O)C1CCCCC1)CC(=O)O. The maximum atomic E-state index is 12.2. The zero-order chi connectivity index (χ0) is 15.2. The van der Waals surface area contributed by atoms with E-state index >= 15 is 0 Å². The number of nitrogens with one attached hydrogen (secondary N) is 1. The van der Waals surface area contributed by atoms with Gasteiger partial charge in [-0.05, 0) is 31.1 Å². The van der Waals surface area contributed by atoms with Crippen molar-refractivity contribution in [2.24, 2.45) is 11.8 Å². The Morgan fingerprint density at radius 3 is 2.35 bits per heavy atom. The average Bonchev–Trinajstić information content (AvgIpc) is 2.36. The minimum atomic E-state index is -3.29. The zero-order valence-corrected chi connectivity index (χ0v) is 13.3. The zero-order valence-electron chi connectivity index (χ0n) is 12.5. The van der Waals surface area contributed by atoms with Crippen molar-refractivity contribution in [3.05, 3.63) is 0 Å². The van der Waals surface area contributed by atoms with Crippen molar-refractivity contribution in [1.82, 2.24) is 4.72 Å². The molecule has 2 N–H and O–H groups in total. The van der Waals surface area contributed by atoms with E-state index in [0.717, 1.165) is 38.5 Å². The molecule has 1 fully saturated rings. The van der Waals surface area contributed by atoms with Gasteiger partial charge in [0.15, 0.2) is 0 Å². The van der Waals surface area contributed by atoms with E-state index in [0.29, 0.717) is 5.92 Å². The van der Waals surface area contributed by atoms with Gasteiger partial charge in [-0.2, -0.15) is 0 Å². The molecule has 0 unspecified atom stereocenters. The number of aliphatic carboxylic acids is 1. The summed E-state index contributed by atoms with van der Waals surface area (Å²) in [7, 11) is -3.29. The molecule has 0 amide bonds. The van der Waals surface area contributed by atoms with Gasteiger partial charge in [-0.3, -0.25) is 4.79 Å². The summed E-state index contributed by atoms with van der Waals surface area (Å²) in [6.07, 6.45) is 5.24. The number of sulfonamides is 1. The second-order valence-electron chi connectivity index (χ2n) is 6.25. The van der Waals surface area contributed by atoms with Crippen molar-refractivity contribution >= 4 is 16.0 Å². The Morgan fingerprint density at radius 2 is 1.85 bits per heavy atom. The van der Waals surface area contributed by atoms with E-state index in [1.807, 2.05) is 13.8 Å². The van der Waals surface area contributed by atoms with Crippen LogP contribution < -0.4 is 4.72 Å². The lowest BCUT2D eigenvalue weighted by molar-refractivity contribution is -0.138. The maximum absolute atomic E-state index is 12.2. The molecule has 1 aliphatic carbocycles. The quantitative estimate of drug-likeness (QED) is 0.721. The van der Waals surface area contributed by atoms with E-state index in [1.165, 1.54) is 0 Å².